The zero-order valence-electron chi connectivity index (χ0n) is 6.77. The van der Waals surface area contributed by atoms with Crippen LogP contribution in [0.4, 0.5) is 0 Å². The van der Waals surface area contributed by atoms with Crippen LogP contribution in [0.1, 0.15) is 10.5 Å². The highest BCUT2D eigenvalue weighted by Crippen LogP contribution is 2.26. The van der Waals surface area contributed by atoms with Gasteiger partial charge >= 0.3 is 5.97 Å². The average molecular weight is 237 g/mol. The Labute approximate surface area is 84.0 Å². The Morgan fingerprint density at radius 2 is 2.21 bits per heavy atom. The molecule has 0 spiro atoms. The van der Waals surface area contributed by atoms with Crippen molar-refractivity contribution in [3.63, 3.8) is 0 Å². The van der Waals surface area contributed by atoms with E-state index in [1.165, 1.54) is 0 Å². The van der Waals surface area contributed by atoms with Crippen LogP contribution >= 0.6 is 11.6 Å². The molecule has 0 aliphatic carbocycles. The summed E-state index contributed by atoms with van der Waals surface area (Å²) < 4.78 is 23.7. The van der Waals surface area contributed by atoms with E-state index >= 15 is 0 Å². The maximum Gasteiger partial charge on any atom is 0.355 e. The standard InChI is InChI=1S/C6H5ClN2O4S/c7-4-3(5(10)11)9-1-2-14(12,13)6(9)8-4/h1-2H2,(H,10,11). The Balaban J connectivity index is 2.75. The summed E-state index contributed by atoms with van der Waals surface area (Å²) in [5, 5.41) is 8.22. The Kier molecular flexibility index (Phi) is 1.83. The number of rotatable bonds is 1. The minimum absolute atomic E-state index is 0.0962. The minimum Gasteiger partial charge on any atom is -0.476 e. The lowest BCUT2D eigenvalue weighted by Crippen LogP contribution is -2.07. The fourth-order valence-electron chi connectivity index (χ4n) is 1.36. The number of sulfone groups is 1. The first-order chi connectivity index (χ1) is 6.43. The molecule has 1 aromatic heterocycles. The molecule has 2 heterocycles. The summed E-state index contributed by atoms with van der Waals surface area (Å²) in [6.07, 6.45) is 0. The van der Waals surface area contributed by atoms with Crippen molar-refractivity contribution in [2.45, 2.75) is 11.7 Å². The van der Waals surface area contributed by atoms with Gasteiger partial charge in [0, 0.05) is 6.54 Å². The van der Waals surface area contributed by atoms with E-state index in [0.29, 0.717) is 0 Å². The highest BCUT2D eigenvalue weighted by molar-refractivity contribution is 7.91. The molecule has 1 aliphatic rings. The normalized spacial score (nSPS) is 18.1. The zero-order chi connectivity index (χ0) is 10.5. The number of nitrogens with zero attached hydrogens (tertiary/aromatic N) is 2. The first-order valence-electron chi connectivity index (χ1n) is 3.65. The van der Waals surface area contributed by atoms with E-state index in [4.69, 9.17) is 16.7 Å². The van der Waals surface area contributed by atoms with Crippen molar-refractivity contribution in [2.75, 3.05) is 5.75 Å². The van der Waals surface area contributed by atoms with E-state index in [2.05, 4.69) is 4.98 Å². The van der Waals surface area contributed by atoms with Gasteiger partial charge in [-0.25, -0.2) is 18.2 Å². The molecule has 8 heteroatoms. The second-order valence-corrected chi connectivity index (χ2v) is 5.17. The van der Waals surface area contributed by atoms with E-state index in [9.17, 15) is 13.2 Å². The maximum absolute atomic E-state index is 11.3. The third-order valence-corrected chi connectivity index (χ3v) is 3.81. The van der Waals surface area contributed by atoms with Crippen LogP contribution < -0.4 is 0 Å². The smallest absolute Gasteiger partial charge is 0.355 e. The predicted octanol–water partition coefficient (Wildman–Crippen LogP) is 0.0220. The molecule has 0 radical (unpaired) electrons. The van der Waals surface area contributed by atoms with Gasteiger partial charge in [-0.3, -0.25) is 0 Å². The van der Waals surface area contributed by atoms with Gasteiger partial charge in [0.25, 0.3) is 0 Å². The Bertz CT molecular complexity index is 518. The largest absolute Gasteiger partial charge is 0.476 e. The van der Waals surface area contributed by atoms with E-state index in [0.717, 1.165) is 4.57 Å². The Morgan fingerprint density at radius 1 is 1.57 bits per heavy atom. The molecule has 2 rings (SSSR count). The van der Waals surface area contributed by atoms with Crippen molar-refractivity contribution in [3.8, 4) is 0 Å². The van der Waals surface area contributed by atoms with Crippen molar-refractivity contribution in [3.05, 3.63) is 10.8 Å². The van der Waals surface area contributed by atoms with Gasteiger partial charge in [-0.15, -0.1) is 0 Å². The minimum atomic E-state index is -3.44. The first-order valence-corrected chi connectivity index (χ1v) is 5.68. The fraction of sp³-hybridized carbons (Fsp3) is 0.333. The molecule has 14 heavy (non-hydrogen) atoms. The lowest BCUT2D eigenvalue weighted by atomic mass is 10.4. The van der Waals surface area contributed by atoms with E-state index in [-0.39, 0.29) is 28.3 Å². The Morgan fingerprint density at radius 3 is 2.79 bits per heavy atom. The number of carboxylic acid groups (broad SMARTS) is 1. The van der Waals surface area contributed by atoms with Crippen LogP contribution in [0, 0.1) is 0 Å². The van der Waals surface area contributed by atoms with Crippen LogP contribution in [0.25, 0.3) is 0 Å². The molecular weight excluding hydrogens is 232 g/mol. The third kappa shape index (κ3) is 1.12. The van der Waals surface area contributed by atoms with Crippen LogP contribution in [-0.2, 0) is 16.4 Å². The van der Waals surface area contributed by atoms with Crippen LogP contribution in [0.2, 0.25) is 5.15 Å². The number of halogens is 1. The topological polar surface area (TPSA) is 89.3 Å². The van der Waals surface area contributed by atoms with Gasteiger partial charge in [0.1, 0.15) is 0 Å². The first kappa shape index (κ1) is 9.47. The molecule has 0 fully saturated rings. The molecule has 0 aromatic carbocycles. The number of aromatic nitrogens is 2. The summed E-state index contributed by atoms with van der Waals surface area (Å²) in [6.45, 7) is 0.0962. The summed E-state index contributed by atoms with van der Waals surface area (Å²) in [6, 6.07) is 0. The van der Waals surface area contributed by atoms with Gasteiger partial charge in [0.05, 0.1) is 5.75 Å². The van der Waals surface area contributed by atoms with Crippen molar-refractivity contribution >= 4 is 27.4 Å². The molecule has 0 saturated carbocycles. The van der Waals surface area contributed by atoms with Crippen molar-refractivity contribution in [1.82, 2.24) is 9.55 Å². The van der Waals surface area contributed by atoms with Gasteiger partial charge in [-0.2, -0.15) is 0 Å². The van der Waals surface area contributed by atoms with Crippen LogP contribution in [0.5, 0.6) is 0 Å². The van der Waals surface area contributed by atoms with E-state index < -0.39 is 15.8 Å². The molecule has 0 bridgehead atoms. The molecular formula is C6H5ClN2O4S. The fourth-order valence-corrected chi connectivity index (χ4v) is 3.02. The number of hydrogen-bond acceptors (Lipinski definition) is 4. The summed E-state index contributed by atoms with van der Waals surface area (Å²) in [4.78, 5) is 14.2. The predicted molar refractivity (Wildman–Crippen MR) is 46.2 cm³/mol. The number of carboxylic acids is 1. The molecule has 6 nitrogen and oxygen atoms in total. The number of carbonyl (C=O) groups is 1. The molecule has 1 aliphatic heterocycles. The highest BCUT2D eigenvalue weighted by Gasteiger charge is 2.34. The quantitative estimate of drug-likeness (QED) is 0.743. The number of fused-ring (bicyclic) bond motifs is 1. The zero-order valence-corrected chi connectivity index (χ0v) is 8.34. The van der Waals surface area contributed by atoms with Crippen molar-refractivity contribution in [1.29, 1.82) is 0 Å². The van der Waals surface area contributed by atoms with Gasteiger partial charge in [0.2, 0.25) is 15.0 Å². The molecule has 1 N–H and O–H groups in total. The van der Waals surface area contributed by atoms with E-state index in [1.807, 2.05) is 0 Å². The number of aromatic carboxylic acids is 1. The molecule has 0 saturated heterocycles. The molecule has 76 valence electrons. The monoisotopic (exact) mass is 236 g/mol. The van der Waals surface area contributed by atoms with Gasteiger partial charge < -0.3 is 9.67 Å². The summed E-state index contributed by atoms with van der Waals surface area (Å²) in [7, 11) is -3.44. The Hall–Kier alpha value is -1.08. The molecule has 1 aromatic rings. The summed E-state index contributed by atoms with van der Waals surface area (Å²) in [5.41, 5.74) is -0.261. The van der Waals surface area contributed by atoms with Gasteiger partial charge in [-0.1, -0.05) is 11.6 Å². The van der Waals surface area contributed by atoms with Crippen LogP contribution in [0.15, 0.2) is 5.16 Å². The summed E-state index contributed by atoms with van der Waals surface area (Å²) in [5.74, 6) is -1.39. The van der Waals surface area contributed by atoms with Crippen molar-refractivity contribution < 1.29 is 18.3 Å². The lowest BCUT2D eigenvalue weighted by Gasteiger charge is -1.96. The molecule has 0 unspecified atom stereocenters. The second-order valence-electron chi connectivity index (χ2n) is 2.81. The van der Waals surface area contributed by atoms with Gasteiger partial charge in [-0.05, 0) is 0 Å². The summed E-state index contributed by atoms with van der Waals surface area (Å²) >= 11 is 5.51. The highest BCUT2D eigenvalue weighted by atomic mass is 35.5. The van der Waals surface area contributed by atoms with Crippen LogP contribution in [0.3, 0.4) is 0 Å². The third-order valence-electron chi connectivity index (χ3n) is 1.95. The van der Waals surface area contributed by atoms with E-state index in [1.54, 1.807) is 0 Å². The molecule has 0 atom stereocenters. The second kappa shape index (κ2) is 2.71. The van der Waals surface area contributed by atoms with Gasteiger partial charge in [0.15, 0.2) is 10.8 Å². The maximum atomic E-state index is 11.3. The SMILES string of the molecule is O=C(O)c1c(Cl)nc2n1CCS2(=O)=O. The number of hydrogen-bond donors (Lipinski definition) is 1. The lowest BCUT2D eigenvalue weighted by molar-refractivity contribution is 0.0685. The average Bonchev–Trinajstić information content (AvgIpc) is 2.50. The number of imidazole rings is 1. The van der Waals surface area contributed by atoms with Crippen molar-refractivity contribution in [2.24, 2.45) is 0 Å². The van der Waals surface area contributed by atoms with Crippen LogP contribution in [-0.4, -0.2) is 34.8 Å². The molecule has 0 amide bonds.